The van der Waals surface area contributed by atoms with E-state index in [-0.39, 0.29) is 5.91 Å². The molecule has 4 nitrogen and oxygen atoms in total. The van der Waals surface area contributed by atoms with Crippen LogP contribution in [0.15, 0.2) is 30.9 Å². The number of aliphatic hydroxyl groups is 1. The third-order valence-electron chi connectivity index (χ3n) is 3.33. The number of rotatable bonds is 4. The van der Waals surface area contributed by atoms with Crippen LogP contribution >= 0.6 is 0 Å². The summed E-state index contributed by atoms with van der Waals surface area (Å²) in [7, 11) is 1.69. The molecule has 96 valence electrons. The van der Waals surface area contributed by atoms with E-state index in [4.69, 9.17) is 0 Å². The lowest BCUT2D eigenvalue weighted by Gasteiger charge is -2.22. The minimum absolute atomic E-state index is 0.270. The van der Waals surface area contributed by atoms with Crippen LogP contribution in [0.1, 0.15) is 18.6 Å². The zero-order valence-electron chi connectivity index (χ0n) is 10.8. The first kappa shape index (κ1) is 12.6. The Hall–Kier alpha value is -1.81. The summed E-state index contributed by atoms with van der Waals surface area (Å²) < 4.78 is 0. The quantitative estimate of drug-likeness (QED) is 0.822. The molecule has 0 spiro atoms. The van der Waals surface area contributed by atoms with Crippen molar-refractivity contribution in [1.82, 2.24) is 0 Å². The van der Waals surface area contributed by atoms with Gasteiger partial charge in [-0.15, -0.1) is 6.58 Å². The van der Waals surface area contributed by atoms with Crippen LogP contribution in [-0.4, -0.2) is 31.2 Å². The van der Waals surface area contributed by atoms with Crippen LogP contribution in [0.2, 0.25) is 0 Å². The standard InChI is InChI=1S/C14H18N2O2/c1-4-8-16(5-2)10-6-7-11-12(9-10)15(3)14(18)13(11)17/h4,6-7,9,13,17H,1,5,8H2,2-3H3. The topological polar surface area (TPSA) is 43.8 Å². The van der Waals surface area contributed by atoms with E-state index in [1.807, 2.05) is 24.3 Å². The van der Waals surface area contributed by atoms with E-state index in [0.717, 1.165) is 24.5 Å². The number of nitrogens with zero attached hydrogens (tertiary/aromatic N) is 2. The molecule has 4 heteroatoms. The SMILES string of the molecule is C=CCN(CC)c1ccc2c(c1)N(C)C(=O)C2O. The zero-order chi connectivity index (χ0) is 13.3. The van der Waals surface area contributed by atoms with Crippen molar-refractivity contribution in [2.24, 2.45) is 0 Å². The molecule has 1 atom stereocenters. The Morgan fingerprint density at radius 3 is 2.89 bits per heavy atom. The number of anilines is 2. The minimum Gasteiger partial charge on any atom is -0.378 e. The van der Waals surface area contributed by atoms with Gasteiger partial charge in [-0.2, -0.15) is 0 Å². The lowest BCUT2D eigenvalue weighted by atomic mass is 10.1. The highest BCUT2D eigenvalue weighted by atomic mass is 16.3. The summed E-state index contributed by atoms with van der Waals surface area (Å²) in [6, 6.07) is 5.69. The van der Waals surface area contributed by atoms with Gasteiger partial charge in [-0.1, -0.05) is 12.1 Å². The molecule has 2 rings (SSSR count). The Labute approximate surface area is 107 Å². The van der Waals surface area contributed by atoms with Gasteiger partial charge in [0.2, 0.25) is 0 Å². The number of carbonyl (C=O) groups excluding carboxylic acids is 1. The van der Waals surface area contributed by atoms with E-state index in [9.17, 15) is 9.90 Å². The van der Waals surface area contributed by atoms with Gasteiger partial charge in [-0.3, -0.25) is 4.79 Å². The van der Waals surface area contributed by atoms with Crippen molar-refractivity contribution in [3.8, 4) is 0 Å². The molecule has 0 saturated heterocycles. The third-order valence-corrected chi connectivity index (χ3v) is 3.33. The lowest BCUT2D eigenvalue weighted by molar-refractivity contribution is -0.125. The summed E-state index contributed by atoms with van der Waals surface area (Å²) in [4.78, 5) is 15.3. The van der Waals surface area contributed by atoms with Gasteiger partial charge in [0.25, 0.3) is 5.91 Å². The Morgan fingerprint density at radius 1 is 1.56 bits per heavy atom. The van der Waals surface area contributed by atoms with Crippen LogP contribution in [-0.2, 0) is 4.79 Å². The first-order chi connectivity index (χ1) is 8.60. The fourth-order valence-electron chi connectivity index (χ4n) is 2.26. The number of fused-ring (bicyclic) bond motifs is 1. The minimum atomic E-state index is -1.02. The first-order valence-electron chi connectivity index (χ1n) is 6.05. The summed E-state index contributed by atoms with van der Waals surface area (Å²) in [6.07, 6.45) is 0.828. The number of hydrogen-bond donors (Lipinski definition) is 1. The van der Waals surface area contributed by atoms with E-state index in [1.54, 1.807) is 7.05 Å². The Bertz CT molecular complexity index is 485. The molecule has 1 aliphatic rings. The molecular weight excluding hydrogens is 228 g/mol. The van der Waals surface area contributed by atoms with Gasteiger partial charge in [0.1, 0.15) is 0 Å². The van der Waals surface area contributed by atoms with Crippen LogP contribution in [0.5, 0.6) is 0 Å². The number of carbonyl (C=O) groups is 1. The highest BCUT2D eigenvalue weighted by Gasteiger charge is 2.33. The van der Waals surface area contributed by atoms with E-state index in [2.05, 4.69) is 18.4 Å². The van der Waals surface area contributed by atoms with E-state index in [0.29, 0.717) is 5.56 Å². The van der Waals surface area contributed by atoms with E-state index < -0.39 is 6.10 Å². The van der Waals surface area contributed by atoms with Gasteiger partial charge in [-0.05, 0) is 19.1 Å². The molecular formula is C14H18N2O2. The number of amides is 1. The maximum atomic E-state index is 11.7. The average molecular weight is 246 g/mol. The summed E-state index contributed by atoms with van der Waals surface area (Å²) in [5.41, 5.74) is 2.50. The number of hydrogen-bond acceptors (Lipinski definition) is 3. The van der Waals surface area contributed by atoms with Crippen LogP contribution in [0.25, 0.3) is 0 Å². The molecule has 0 bridgehead atoms. The van der Waals surface area contributed by atoms with Crippen molar-refractivity contribution >= 4 is 17.3 Å². The van der Waals surface area contributed by atoms with E-state index in [1.165, 1.54) is 4.90 Å². The van der Waals surface area contributed by atoms with Crippen molar-refractivity contribution in [2.45, 2.75) is 13.0 Å². The van der Waals surface area contributed by atoms with Gasteiger partial charge in [0, 0.05) is 31.4 Å². The first-order valence-corrected chi connectivity index (χ1v) is 6.05. The summed E-state index contributed by atoms with van der Waals surface area (Å²) in [5.74, 6) is -0.270. The van der Waals surface area contributed by atoms with Gasteiger partial charge in [0.05, 0.1) is 5.69 Å². The van der Waals surface area contributed by atoms with Crippen LogP contribution in [0, 0.1) is 0 Å². The summed E-state index contributed by atoms with van der Waals surface area (Å²) in [6.45, 7) is 7.43. The molecule has 1 aliphatic heterocycles. The van der Waals surface area contributed by atoms with Crippen molar-refractivity contribution < 1.29 is 9.90 Å². The van der Waals surface area contributed by atoms with Gasteiger partial charge < -0.3 is 14.9 Å². The Balaban J connectivity index is 2.39. The number of aliphatic hydroxyl groups excluding tert-OH is 1. The van der Waals surface area contributed by atoms with E-state index >= 15 is 0 Å². The predicted molar refractivity (Wildman–Crippen MR) is 72.9 cm³/mol. The van der Waals surface area contributed by atoms with Crippen LogP contribution in [0.3, 0.4) is 0 Å². The highest BCUT2D eigenvalue weighted by Crippen LogP contribution is 2.37. The molecule has 1 amide bonds. The molecule has 1 heterocycles. The molecule has 0 aromatic heterocycles. The third kappa shape index (κ3) is 1.88. The molecule has 1 aromatic carbocycles. The Kier molecular flexibility index (Phi) is 3.39. The normalized spacial score (nSPS) is 17.8. The molecule has 18 heavy (non-hydrogen) atoms. The fraction of sp³-hybridized carbons (Fsp3) is 0.357. The molecule has 0 radical (unpaired) electrons. The number of likely N-dealkylation sites (N-methyl/N-ethyl adjacent to an activating group) is 2. The maximum Gasteiger partial charge on any atom is 0.260 e. The number of benzene rings is 1. The van der Waals surface area contributed by atoms with Crippen molar-refractivity contribution in [2.75, 3.05) is 29.9 Å². The highest BCUT2D eigenvalue weighted by molar-refractivity contribution is 6.03. The summed E-state index contributed by atoms with van der Waals surface area (Å²) >= 11 is 0. The van der Waals surface area contributed by atoms with Crippen molar-refractivity contribution in [1.29, 1.82) is 0 Å². The molecule has 0 aliphatic carbocycles. The van der Waals surface area contributed by atoms with Crippen LogP contribution < -0.4 is 9.80 Å². The second-order valence-corrected chi connectivity index (χ2v) is 4.37. The smallest absolute Gasteiger partial charge is 0.260 e. The average Bonchev–Trinajstić information content (AvgIpc) is 2.61. The Morgan fingerprint density at radius 2 is 2.28 bits per heavy atom. The molecule has 0 fully saturated rings. The molecule has 1 N–H and O–H groups in total. The van der Waals surface area contributed by atoms with Gasteiger partial charge in [-0.25, -0.2) is 0 Å². The second-order valence-electron chi connectivity index (χ2n) is 4.37. The van der Waals surface area contributed by atoms with Crippen molar-refractivity contribution in [3.05, 3.63) is 36.4 Å². The molecule has 1 unspecified atom stereocenters. The fourth-order valence-corrected chi connectivity index (χ4v) is 2.26. The maximum absolute atomic E-state index is 11.7. The molecule has 1 aromatic rings. The van der Waals surface area contributed by atoms with Crippen molar-refractivity contribution in [3.63, 3.8) is 0 Å². The largest absolute Gasteiger partial charge is 0.378 e. The van der Waals surface area contributed by atoms with Crippen LogP contribution in [0.4, 0.5) is 11.4 Å². The summed E-state index contributed by atoms with van der Waals surface area (Å²) in [5, 5.41) is 9.79. The predicted octanol–water partition coefficient (Wildman–Crippen LogP) is 1.71. The second kappa shape index (κ2) is 4.82. The molecule has 0 saturated carbocycles. The monoisotopic (exact) mass is 246 g/mol. The van der Waals surface area contributed by atoms with Gasteiger partial charge in [0.15, 0.2) is 6.10 Å². The lowest BCUT2D eigenvalue weighted by Crippen LogP contribution is -2.24. The van der Waals surface area contributed by atoms with Gasteiger partial charge >= 0.3 is 0 Å². The zero-order valence-corrected chi connectivity index (χ0v) is 10.8.